The summed E-state index contributed by atoms with van der Waals surface area (Å²) in [5, 5.41) is 3.09. The van der Waals surface area contributed by atoms with Gasteiger partial charge >= 0.3 is 0 Å². The van der Waals surface area contributed by atoms with E-state index in [9.17, 15) is 4.39 Å². The molecule has 0 atom stereocenters. The summed E-state index contributed by atoms with van der Waals surface area (Å²) in [4.78, 5) is 0. The van der Waals surface area contributed by atoms with Gasteiger partial charge in [0, 0.05) is 18.7 Å². The van der Waals surface area contributed by atoms with E-state index in [4.69, 9.17) is 15.2 Å². The van der Waals surface area contributed by atoms with Crippen LogP contribution < -0.4 is 15.8 Å². The maximum absolute atomic E-state index is 13.5. The van der Waals surface area contributed by atoms with Crippen LogP contribution in [0.3, 0.4) is 0 Å². The molecular weight excluding hydrogens is 247 g/mol. The molecule has 0 amide bonds. The van der Waals surface area contributed by atoms with Crippen LogP contribution in [0.5, 0.6) is 5.75 Å². The Morgan fingerprint density at radius 1 is 1.47 bits per heavy atom. The Morgan fingerprint density at radius 2 is 2.21 bits per heavy atom. The summed E-state index contributed by atoms with van der Waals surface area (Å²) in [6.45, 7) is 9.48. The minimum Gasteiger partial charge on any atom is -0.491 e. The molecule has 5 heteroatoms. The van der Waals surface area contributed by atoms with Crippen molar-refractivity contribution in [1.29, 1.82) is 0 Å². The second-order valence-corrected chi connectivity index (χ2v) is 4.24. The van der Waals surface area contributed by atoms with Gasteiger partial charge in [0.25, 0.3) is 0 Å². The number of nitrogens with two attached hydrogens (primary N) is 1. The van der Waals surface area contributed by atoms with E-state index in [2.05, 4.69) is 11.9 Å². The fraction of sp³-hybridized carbons (Fsp3) is 0.429. The van der Waals surface area contributed by atoms with Gasteiger partial charge < -0.3 is 20.5 Å². The van der Waals surface area contributed by atoms with Crippen molar-refractivity contribution in [1.82, 2.24) is 0 Å². The van der Waals surface area contributed by atoms with Crippen molar-refractivity contribution in [3.05, 3.63) is 30.1 Å². The largest absolute Gasteiger partial charge is 0.491 e. The van der Waals surface area contributed by atoms with Crippen LogP contribution in [0.1, 0.15) is 13.8 Å². The molecule has 4 nitrogen and oxygen atoms in total. The predicted octanol–water partition coefficient (Wildman–Crippen LogP) is 2.81. The van der Waals surface area contributed by atoms with Crippen molar-refractivity contribution in [3.8, 4) is 5.75 Å². The van der Waals surface area contributed by atoms with Crippen LogP contribution >= 0.6 is 0 Å². The van der Waals surface area contributed by atoms with Crippen LogP contribution in [-0.4, -0.2) is 26.4 Å². The van der Waals surface area contributed by atoms with Gasteiger partial charge in [-0.25, -0.2) is 4.39 Å². The molecule has 0 unspecified atom stereocenters. The van der Waals surface area contributed by atoms with Crippen molar-refractivity contribution in [2.75, 3.05) is 37.4 Å². The van der Waals surface area contributed by atoms with Crippen molar-refractivity contribution < 1.29 is 13.9 Å². The standard InChI is InChI=1S/C14H21FN2O2/c1-4-19-14-8-13(12(16)7-11(14)15)17-5-6-18-9-10(2)3/h7-8,17H,2,4-6,9,16H2,1,3H3. The fourth-order valence-corrected chi connectivity index (χ4v) is 1.49. The molecular formula is C14H21FN2O2. The molecule has 0 heterocycles. The number of hydrogen-bond donors (Lipinski definition) is 2. The molecule has 1 aromatic rings. The Kier molecular flexibility index (Phi) is 6.15. The van der Waals surface area contributed by atoms with Gasteiger partial charge in [0.15, 0.2) is 11.6 Å². The predicted molar refractivity (Wildman–Crippen MR) is 76.1 cm³/mol. The van der Waals surface area contributed by atoms with E-state index in [-0.39, 0.29) is 5.75 Å². The van der Waals surface area contributed by atoms with Crippen LogP contribution in [0.2, 0.25) is 0 Å². The molecule has 0 aliphatic rings. The summed E-state index contributed by atoms with van der Waals surface area (Å²) >= 11 is 0. The quantitative estimate of drug-likeness (QED) is 0.432. The Hall–Kier alpha value is -1.75. The van der Waals surface area contributed by atoms with Crippen molar-refractivity contribution in [2.45, 2.75) is 13.8 Å². The summed E-state index contributed by atoms with van der Waals surface area (Å²) in [6, 6.07) is 2.81. The van der Waals surface area contributed by atoms with Crippen molar-refractivity contribution in [3.63, 3.8) is 0 Å². The van der Waals surface area contributed by atoms with Crippen LogP contribution in [0.25, 0.3) is 0 Å². The lowest BCUT2D eigenvalue weighted by molar-refractivity contribution is 0.167. The Balaban J connectivity index is 2.52. The summed E-state index contributed by atoms with van der Waals surface area (Å²) in [5.41, 5.74) is 7.70. The smallest absolute Gasteiger partial charge is 0.167 e. The van der Waals surface area contributed by atoms with Gasteiger partial charge in [0.2, 0.25) is 0 Å². The number of anilines is 2. The molecule has 1 aromatic carbocycles. The van der Waals surface area contributed by atoms with Gasteiger partial charge in [0.1, 0.15) is 0 Å². The number of benzene rings is 1. The molecule has 0 fully saturated rings. The number of ether oxygens (including phenoxy) is 2. The van der Waals surface area contributed by atoms with Gasteiger partial charge in [-0.1, -0.05) is 12.2 Å². The third kappa shape index (κ3) is 5.18. The number of rotatable bonds is 8. The van der Waals surface area contributed by atoms with Crippen LogP contribution in [0.15, 0.2) is 24.3 Å². The summed E-state index contributed by atoms with van der Waals surface area (Å²) in [6.07, 6.45) is 0. The topological polar surface area (TPSA) is 56.5 Å². The van der Waals surface area contributed by atoms with Crippen LogP contribution in [-0.2, 0) is 4.74 Å². The first-order valence-electron chi connectivity index (χ1n) is 6.22. The monoisotopic (exact) mass is 268 g/mol. The molecule has 106 valence electrons. The second-order valence-electron chi connectivity index (χ2n) is 4.24. The van der Waals surface area contributed by atoms with E-state index in [1.807, 2.05) is 6.92 Å². The second kappa shape index (κ2) is 7.63. The first-order valence-corrected chi connectivity index (χ1v) is 6.22. The van der Waals surface area contributed by atoms with Gasteiger partial charge in [-0.2, -0.15) is 0 Å². The fourth-order valence-electron chi connectivity index (χ4n) is 1.49. The van der Waals surface area contributed by atoms with Gasteiger partial charge in [0.05, 0.1) is 31.2 Å². The summed E-state index contributed by atoms with van der Waals surface area (Å²) in [7, 11) is 0. The van der Waals surface area contributed by atoms with E-state index in [1.165, 1.54) is 6.07 Å². The minimum atomic E-state index is -0.455. The van der Waals surface area contributed by atoms with Crippen molar-refractivity contribution in [2.24, 2.45) is 0 Å². The maximum Gasteiger partial charge on any atom is 0.167 e. The third-order valence-corrected chi connectivity index (χ3v) is 2.31. The van der Waals surface area contributed by atoms with Gasteiger partial charge in [-0.3, -0.25) is 0 Å². The Bertz CT molecular complexity index is 436. The summed E-state index contributed by atoms with van der Waals surface area (Å²) < 4.78 is 24.0. The van der Waals surface area contributed by atoms with Gasteiger partial charge in [-0.05, 0) is 13.8 Å². The first kappa shape index (κ1) is 15.3. The highest BCUT2D eigenvalue weighted by atomic mass is 19.1. The summed E-state index contributed by atoms with van der Waals surface area (Å²) in [5.74, 6) is -0.259. The van der Waals surface area contributed by atoms with E-state index in [1.54, 1.807) is 13.0 Å². The molecule has 19 heavy (non-hydrogen) atoms. The highest BCUT2D eigenvalue weighted by Crippen LogP contribution is 2.28. The Labute approximate surface area is 113 Å². The molecule has 0 bridgehead atoms. The molecule has 0 saturated heterocycles. The highest BCUT2D eigenvalue weighted by molar-refractivity contribution is 5.68. The lowest BCUT2D eigenvalue weighted by atomic mass is 10.2. The molecule has 0 aliphatic carbocycles. The molecule has 0 radical (unpaired) electrons. The average molecular weight is 268 g/mol. The van der Waals surface area contributed by atoms with Crippen LogP contribution in [0.4, 0.5) is 15.8 Å². The first-order chi connectivity index (χ1) is 9.04. The lowest BCUT2D eigenvalue weighted by Crippen LogP contribution is -2.12. The molecule has 0 aromatic heterocycles. The highest BCUT2D eigenvalue weighted by Gasteiger charge is 2.08. The third-order valence-electron chi connectivity index (χ3n) is 2.31. The molecule has 1 rings (SSSR count). The number of nitrogen functional groups attached to an aromatic ring is 1. The zero-order valence-electron chi connectivity index (χ0n) is 11.5. The zero-order valence-corrected chi connectivity index (χ0v) is 11.5. The molecule has 0 aliphatic heterocycles. The number of nitrogens with one attached hydrogen (secondary N) is 1. The van der Waals surface area contributed by atoms with E-state index < -0.39 is 5.82 Å². The Morgan fingerprint density at radius 3 is 2.84 bits per heavy atom. The van der Waals surface area contributed by atoms with E-state index in [0.29, 0.717) is 37.7 Å². The maximum atomic E-state index is 13.5. The average Bonchev–Trinajstić information content (AvgIpc) is 2.33. The molecule has 3 N–H and O–H groups in total. The van der Waals surface area contributed by atoms with Crippen LogP contribution in [0, 0.1) is 5.82 Å². The number of hydrogen-bond acceptors (Lipinski definition) is 4. The molecule has 0 spiro atoms. The zero-order chi connectivity index (χ0) is 14.3. The SMILES string of the molecule is C=C(C)COCCNc1cc(OCC)c(F)cc1N. The van der Waals surface area contributed by atoms with Crippen molar-refractivity contribution >= 4 is 11.4 Å². The minimum absolute atomic E-state index is 0.196. The van der Waals surface area contributed by atoms with Gasteiger partial charge in [-0.15, -0.1) is 0 Å². The van der Waals surface area contributed by atoms with E-state index in [0.717, 1.165) is 5.57 Å². The van der Waals surface area contributed by atoms with E-state index >= 15 is 0 Å². The molecule has 0 saturated carbocycles. The lowest BCUT2D eigenvalue weighted by Gasteiger charge is -2.12. The number of halogens is 1. The normalized spacial score (nSPS) is 10.3.